The first-order valence-corrected chi connectivity index (χ1v) is 7.51. The Balaban J connectivity index is 2.57. The van der Waals surface area contributed by atoms with E-state index in [4.69, 9.17) is 19.3 Å². The predicted molar refractivity (Wildman–Crippen MR) is 69.4 cm³/mol. The van der Waals surface area contributed by atoms with Gasteiger partial charge in [-0.2, -0.15) is 0 Å². The summed E-state index contributed by atoms with van der Waals surface area (Å²) in [4.78, 5) is 17.5. The van der Waals surface area contributed by atoms with Gasteiger partial charge in [0.1, 0.15) is 11.5 Å². The van der Waals surface area contributed by atoms with Crippen molar-refractivity contribution in [2.24, 2.45) is 0 Å². The number of hydrogen-bond acceptors (Lipinski definition) is 3. The zero-order valence-corrected chi connectivity index (χ0v) is 11.5. The van der Waals surface area contributed by atoms with Crippen molar-refractivity contribution >= 4 is 7.60 Å². The standard InChI is InChI=1S/C12H19O5P/c1-16-11-6-7-12(17-2)10(9-11)5-3-4-8-18(13,14)15/h6-7,9H,3-5,8H2,1-2H3,(H2,13,14,15). The van der Waals surface area contributed by atoms with E-state index in [0.29, 0.717) is 19.3 Å². The fourth-order valence-corrected chi connectivity index (χ4v) is 2.35. The highest BCUT2D eigenvalue weighted by molar-refractivity contribution is 7.51. The Kier molecular flexibility index (Phi) is 5.66. The lowest BCUT2D eigenvalue weighted by atomic mass is 10.1. The number of methoxy groups -OCH3 is 2. The number of hydrogen-bond donors (Lipinski definition) is 2. The Morgan fingerprint density at radius 2 is 1.89 bits per heavy atom. The highest BCUT2D eigenvalue weighted by atomic mass is 31.2. The molecule has 0 unspecified atom stereocenters. The van der Waals surface area contributed by atoms with Crippen molar-refractivity contribution in [1.82, 2.24) is 0 Å². The minimum absolute atomic E-state index is 0.0702. The van der Waals surface area contributed by atoms with Gasteiger partial charge in [-0.05, 0) is 43.0 Å². The Bertz CT molecular complexity index is 426. The van der Waals surface area contributed by atoms with Crippen LogP contribution in [0.5, 0.6) is 11.5 Å². The van der Waals surface area contributed by atoms with E-state index in [1.54, 1.807) is 14.2 Å². The molecule has 0 radical (unpaired) electrons. The molecular formula is C12H19O5P. The Morgan fingerprint density at radius 3 is 2.44 bits per heavy atom. The fraction of sp³-hybridized carbons (Fsp3) is 0.500. The molecule has 0 bridgehead atoms. The highest BCUT2D eigenvalue weighted by Gasteiger charge is 2.12. The topological polar surface area (TPSA) is 76.0 Å². The summed E-state index contributed by atoms with van der Waals surface area (Å²) in [5.74, 6) is 1.52. The van der Waals surface area contributed by atoms with Crippen LogP contribution in [0.15, 0.2) is 18.2 Å². The molecular weight excluding hydrogens is 255 g/mol. The molecule has 0 fully saturated rings. The van der Waals surface area contributed by atoms with Crippen LogP contribution in [0.1, 0.15) is 18.4 Å². The van der Waals surface area contributed by atoms with Crippen LogP contribution in [0.4, 0.5) is 0 Å². The van der Waals surface area contributed by atoms with Gasteiger partial charge in [0.2, 0.25) is 0 Å². The molecule has 0 saturated heterocycles. The first kappa shape index (κ1) is 15.0. The summed E-state index contributed by atoms with van der Waals surface area (Å²) in [6.45, 7) is 0. The van der Waals surface area contributed by atoms with Crippen LogP contribution in [0, 0.1) is 0 Å². The second kappa shape index (κ2) is 6.78. The molecule has 0 aromatic heterocycles. The maximum atomic E-state index is 10.7. The van der Waals surface area contributed by atoms with Crippen molar-refractivity contribution in [3.05, 3.63) is 23.8 Å². The number of aryl methyl sites for hydroxylation is 1. The molecule has 18 heavy (non-hydrogen) atoms. The first-order chi connectivity index (χ1) is 8.46. The van der Waals surface area contributed by atoms with Gasteiger partial charge in [-0.25, -0.2) is 0 Å². The number of benzene rings is 1. The maximum Gasteiger partial charge on any atom is 0.325 e. The van der Waals surface area contributed by atoms with Gasteiger partial charge in [0.25, 0.3) is 0 Å². The van der Waals surface area contributed by atoms with Crippen LogP contribution in [0.3, 0.4) is 0 Å². The van der Waals surface area contributed by atoms with Gasteiger partial charge in [-0.15, -0.1) is 0 Å². The fourth-order valence-electron chi connectivity index (χ4n) is 1.71. The van der Waals surface area contributed by atoms with E-state index in [9.17, 15) is 4.57 Å². The molecule has 0 amide bonds. The lowest BCUT2D eigenvalue weighted by Crippen LogP contribution is -1.96. The second-order valence-corrected chi connectivity index (χ2v) is 5.80. The van der Waals surface area contributed by atoms with Gasteiger partial charge in [0.05, 0.1) is 14.2 Å². The van der Waals surface area contributed by atoms with Gasteiger partial charge in [-0.1, -0.05) is 0 Å². The second-order valence-electron chi connectivity index (χ2n) is 4.02. The van der Waals surface area contributed by atoms with E-state index in [1.165, 1.54) is 0 Å². The van der Waals surface area contributed by atoms with Crippen LogP contribution in [-0.2, 0) is 11.0 Å². The third-order valence-electron chi connectivity index (χ3n) is 2.63. The molecule has 102 valence electrons. The molecule has 0 aliphatic carbocycles. The van der Waals surface area contributed by atoms with Crippen LogP contribution in [-0.4, -0.2) is 30.2 Å². The van der Waals surface area contributed by atoms with Gasteiger partial charge in [0, 0.05) is 6.16 Å². The zero-order chi connectivity index (χ0) is 13.6. The minimum Gasteiger partial charge on any atom is -0.497 e. The molecule has 0 aliphatic rings. The Morgan fingerprint density at radius 1 is 1.17 bits per heavy atom. The molecule has 0 aliphatic heterocycles. The molecule has 0 saturated carbocycles. The normalized spacial score (nSPS) is 11.3. The van der Waals surface area contributed by atoms with Crippen LogP contribution in [0.25, 0.3) is 0 Å². The SMILES string of the molecule is COc1ccc(OC)c(CCCCP(=O)(O)O)c1. The summed E-state index contributed by atoms with van der Waals surface area (Å²) in [5.41, 5.74) is 0.988. The molecule has 1 rings (SSSR count). The zero-order valence-electron chi connectivity index (χ0n) is 10.6. The summed E-state index contributed by atoms with van der Waals surface area (Å²) >= 11 is 0. The summed E-state index contributed by atoms with van der Waals surface area (Å²) in [5, 5.41) is 0. The van der Waals surface area contributed by atoms with E-state index >= 15 is 0 Å². The molecule has 0 spiro atoms. The third kappa shape index (κ3) is 5.08. The molecule has 5 nitrogen and oxygen atoms in total. The van der Waals surface area contributed by atoms with Crippen molar-refractivity contribution in [2.75, 3.05) is 20.4 Å². The number of unbranched alkanes of at least 4 members (excludes halogenated alkanes) is 1. The molecule has 1 aromatic rings. The van der Waals surface area contributed by atoms with Crippen LogP contribution < -0.4 is 9.47 Å². The van der Waals surface area contributed by atoms with E-state index in [-0.39, 0.29) is 6.16 Å². The monoisotopic (exact) mass is 274 g/mol. The van der Waals surface area contributed by atoms with E-state index in [1.807, 2.05) is 18.2 Å². The predicted octanol–water partition coefficient (Wildman–Crippen LogP) is 2.20. The summed E-state index contributed by atoms with van der Waals surface area (Å²) < 4.78 is 21.1. The van der Waals surface area contributed by atoms with Crippen molar-refractivity contribution in [3.63, 3.8) is 0 Å². The van der Waals surface area contributed by atoms with Gasteiger partial charge in [0.15, 0.2) is 0 Å². The average Bonchev–Trinajstić information content (AvgIpc) is 2.33. The summed E-state index contributed by atoms with van der Waals surface area (Å²) in [6.07, 6.45) is 1.83. The van der Waals surface area contributed by atoms with E-state index in [2.05, 4.69) is 0 Å². The molecule has 2 N–H and O–H groups in total. The van der Waals surface area contributed by atoms with Crippen molar-refractivity contribution < 1.29 is 23.8 Å². The third-order valence-corrected chi connectivity index (χ3v) is 3.53. The van der Waals surface area contributed by atoms with Crippen LogP contribution in [0.2, 0.25) is 0 Å². The average molecular weight is 274 g/mol. The van der Waals surface area contributed by atoms with E-state index in [0.717, 1.165) is 17.1 Å². The minimum atomic E-state index is -3.88. The maximum absolute atomic E-state index is 10.7. The van der Waals surface area contributed by atoms with Crippen molar-refractivity contribution in [2.45, 2.75) is 19.3 Å². The number of rotatable bonds is 7. The first-order valence-electron chi connectivity index (χ1n) is 5.72. The highest BCUT2D eigenvalue weighted by Crippen LogP contribution is 2.35. The molecule has 6 heteroatoms. The molecule has 0 heterocycles. The quantitative estimate of drug-likeness (QED) is 0.589. The van der Waals surface area contributed by atoms with Gasteiger partial charge in [-0.3, -0.25) is 4.57 Å². The lowest BCUT2D eigenvalue weighted by Gasteiger charge is -2.10. The smallest absolute Gasteiger partial charge is 0.325 e. The van der Waals surface area contributed by atoms with E-state index < -0.39 is 7.60 Å². The molecule has 0 atom stereocenters. The van der Waals surface area contributed by atoms with Gasteiger partial charge < -0.3 is 19.3 Å². The lowest BCUT2D eigenvalue weighted by molar-refractivity contribution is 0.371. The van der Waals surface area contributed by atoms with Crippen LogP contribution >= 0.6 is 7.60 Å². The van der Waals surface area contributed by atoms with Crippen molar-refractivity contribution in [3.8, 4) is 11.5 Å². The molecule has 1 aromatic carbocycles. The van der Waals surface area contributed by atoms with Gasteiger partial charge >= 0.3 is 7.60 Å². The largest absolute Gasteiger partial charge is 0.497 e. The summed E-state index contributed by atoms with van der Waals surface area (Å²) in [6, 6.07) is 5.53. The van der Waals surface area contributed by atoms with Crippen molar-refractivity contribution in [1.29, 1.82) is 0 Å². The Labute approximate surface area is 107 Å². The Hall–Kier alpha value is -1.03. The summed E-state index contributed by atoms with van der Waals surface area (Å²) in [7, 11) is -0.682. The number of ether oxygens (including phenoxy) is 2.